The molecule has 1 atom stereocenters. The van der Waals surface area contributed by atoms with Gasteiger partial charge < -0.3 is 9.73 Å². The molecule has 2 aromatic carbocycles. The van der Waals surface area contributed by atoms with Crippen LogP contribution < -0.4 is 10.6 Å². The van der Waals surface area contributed by atoms with E-state index in [0.717, 1.165) is 23.4 Å². The molecule has 6 nitrogen and oxygen atoms in total. The Hall–Kier alpha value is -3.64. The zero-order valence-electron chi connectivity index (χ0n) is 17.2. The lowest BCUT2D eigenvalue weighted by molar-refractivity contribution is -0.114. The van der Waals surface area contributed by atoms with Gasteiger partial charge in [0.1, 0.15) is 0 Å². The van der Waals surface area contributed by atoms with Crippen LogP contribution in [0.4, 0.5) is 5.69 Å². The second-order valence-electron chi connectivity index (χ2n) is 8.02. The Labute approximate surface area is 180 Å². The van der Waals surface area contributed by atoms with Gasteiger partial charge in [0.25, 0.3) is 11.8 Å². The summed E-state index contributed by atoms with van der Waals surface area (Å²) in [4.78, 5) is 27.3. The number of anilines is 1. The molecule has 1 fully saturated rings. The predicted octanol–water partition coefficient (Wildman–Crippen LogP) is 4.44. The van der Waals surface area contributed by atoms with E-state index >= 15 is 0 Å². The van der Waals surface area contributed by atoms with Crippen molar-refractivity contribution in [2.75, 3.05) is 18.9 Å². The molecule has 2 aliphatic heterocycles. The van der Waals surface area contributed by atoms with E-state index in [0.29, 0.717) is 22.7 Å². The first-order valence-electron chi connectivity index (χ1n) is 10.4. The Kier molecular flexibility index (Phi) is 4.92. The van der Waals surface area contributed by atoms with Crippen molar-refractivity contribution in [3.8, 4) is 11.1 Å². The quantitative estimate of drug-likeness (QED) is 0.489. The monoisotopic (exact) mass is 413 g/mol. The molecular weight excluding hydrogens is 390 g/mol. The van der Waals surface area contributed by atoms with Gasteiger partial charge in [0.15, 0.2) is 0 Å². The van der Waals surface area contributed by atoms with Crippen molar-refractivity contribution in [1.29, 1.82) is 0 Å². The molecule has 2 amide bonds. The van der Waals surface area contributed by atoms with E-state index in [4.69, 9.17) is 4.42 Å². The fraction of sp³-hybridized carbons (Fsp3) is 0.200. The van der Waals surface area contributed by atoms with Crippen molar-refractivity contribution in [3.63, 3.8) is 0 Å². The van der Waals surface area contributed by atoms with Gasteiger partial charge in [-0.3, -0.25) is 19.8 Å². The van der Waals surface area contributed by atoms with Gasteiger partial charge in [0.2, 0.25) is 0 Å². The highest BCUT2D eigenvalue weighted by Gasteiger charge is 2.28. The van der Waals surface area contributed by atoms with Crippen molar-refractivity contribution in [3.05, 3.63) is 83.9 Å². The molecule has 3 aromatic rings. The molecule has 3 heterocycles. The van der Waals surface area contributed by atoms with Crippen LogP contribution in [0.3, 0.4) is 0 Å². The summed E-state index contributed by atoms with van der Waals surface area (Å²) in [6.45, 7) is 1.13. The molecule has 1 saturated heterocycles. The molecule has 156 valence electrons. The summed E-state index contributed by atoms with van der Waals surface area (Å²) in [6.07, 6.45) is 7.30. The van der Waals surface area contributed by atoms with Crippen LogP contribution in [0, 0.1) is 0 Å². The largest absolute Gasteiger partial charge is 0.472 e. The van der Waals surface area contributed by atoms with Gasteiger partial charge in [0, 0.05) is 34.6 Å². The summed E-state index contributed by atoms with van der Waals surface area (Å²) in [7, 11) is 2.16. The number of fused-ring (bicyclic) bond motifs is 1. The van der Waals surface area contributed by atoms with Crippen LogP contribution in [0.2, 0.25) is 0 Å². The SMILES string of the molecule is CN1CCCC1c1ccc(N/C=C2\C(=O)NC(=O)c3ccc(-c4ccoc4)cc32)cc1. The molecule has 31 heavy (non-hydrogen) atoms. The topological polar surface area (TPSA) is 74.6 Å². The highest BCUT2D eigenvalue weighted by molar-refractivity contribution is 6.31. The van der Waals surface area contributed by atoms with Crippen LogP contribution in [0.5, 0.6) is 0 Å². The van der Waals surface area contributed by atoms with E-state index in [-0.39, 0.29) is 5.91 Å². The normalized spacial score (nSPS) is 20.0. The molecule has 0 radical (unpaired) electrons. The number of amides is 2. The average Bonchev–Trinajstić information content (AvgIpc) is 3.46. The number of nitrogens with one attached hydrogen (secondary N) is 2. The Morgan fingerprint density at radius 3 is 2.58 bits per heavy atom. The van der Waals surface area contributed by atoms with Gasteiger partial charge in [-0.2, -0.15) is 0 Å². The summed E-state index contributed by atoms with van der Waals surface area (Å²) in [5.41, 5.74) is 5.44. The van der Waals surface area contributed by atoms with Crippen LogP contribution in [-0.2, 0) is 4.79 Å². The number of imide groups is 1. The number of carbonyl (C=O) groups is 2. The van der Waals surface area contributed by atoms with Crippen molar-refractivity contribution in [2.45, 2.75) is 18.9 Å². The lowest BCUT2D eigenvalue weighted by atomic mass is 9.92. The number of carbonyl (C=O) groups excluding carboxylic acids is 2. The summed E-state index contributed by atoms with van der Waals surface area (Å²) < 4.78 is 5.16. The van der Waals surface area contributed by atoms with Crippen molar-refractivity contribution >= 4 is 23.1 Å². The number of likely N-dealkylation sites (tertiary alicyclic amines) is 1. The molecule has 1 aromatic heterocycles. The third-order valence-electron chi connectivity index (χ3n) is 6.08. The molecule has 0 saturated carbocycles. The predicted molar refractivity (Wildman–Crippen MR) is 119 cm³/mol. The standard InChI is InChI=1S/C25H23N3O3/c1-28-11-2-3-23(28)16-4-7-19(8-5-16)26-14-22-21-13-17(18-10-12-31-15-18)6-9-20(21)24(29)27-25(22)30/h4-10,12-15,23,26H,2-3,11H2,1H3,(H,27,29,30)/b22-14-. The van der Waals surface area contributed by atoms with Crippen LogP contribution in [-0.4, -0.2) is 30.3 Å². The maximum Gasteiger partial charge on any atom is 0.260 e. The van der Waals surface area contributed by atoms with E-state index in [1.54, 1.807) is 24.8 Å². The lowest BCUT2D eigenvalue weighted by Crippen LogP contribution is -2.36. The van der Waals surface area contributed by atoms with Crippen LogP contribution in [0.1, 0.15) is 40.4 Å². The number of nitrogens with zero attached hydrogens (tertiary/aromatic N) is 1. The molecule has 2 aliphatic rings. The average molecular weight is 413 g/mol. The maximum absolute atomic E-state index is 12.6. The van der Waals surface area contributed by atoms with Crippen molar-refractivity contribution < 1.29 is 14.0 Å². The zero-order chi connectivity index (χ0) is 21.4. The summed E-state index contributed by atoms with van der Waals surface area (Å²) in [5.74, 6) is -0.806. The summed E-state index contributed by atoms with van der Waals surface area (Å²) in [5, 5.41) is 5.63. The number of furan rings is 1. The highest BCUT2D eigenvalue weighted by atomic mass is 16.3. The van der Waals surface area contributed by atoms with Gasteiger partial charge in [-0.1, -0.05) is 18.2 Å². The minimum atomic E-state index is -0.418. The Morgan fingerprint density at radius 2 is 1.87 bits per heavy atom. The van der Waals surface area contributed by atoms with Crippen molar-refractivity contribution in [1.82, 2.24) is 10.2 Å². The molecule has 1 unspecified atom stereocenters. The van der Waals surface area contributed by atoms with Gasteiger partial charge in [-0.25, -0.2) is 0 Å². The second-order valence-corrected chi connectivity index (χ2v) is 8.02. The third-order valence-corrected chi connectivity index (χ3v) is 6.08. The first kappa shape index (κ1) is 19.3. The minimum Gasteiger partial charge on any atom is -0.472 e. The summed E-state index contributed by atoms with van der Waals surface area (Å²) in [6, 6.07) is 16.0. The Balaban J connectivity index is 1.43. The van der Waals surface area contributed by atoms with E-state index in [1.807, 2.05) is 30.3 Å². The molecule has 0 aliphatic carbocycles. The van der Waals surface area contributed by atoms with E-state index in [2.05, 4.69) is 34.7 Å². The van der Waals surface area contributed by atoms with Gasteiger partial charge in [-0.05, 0) is 67.9 Å². The van der Waals surface area contributed by atoms with E-state index in [9.17, 15) is 9.59 Å². The van der Waals surface area contributed by atoms with E-state index < -0.39 is 5.91 Å². The minimum absolute atomic E-state index is 0.388. The van der Waals surface area contributed by atoms with Crippen LogP contribution in [0.25, 0.3) is 16.7 Å². The molecule has 0 spiro atoms. The maximum atomic E-state index is 12.6. The number of benzene rings is 2. The summed E-state index contributed by atoms with van der Waals surface area (Å²) >= 11 is 0. The van der Waals surface area contributed by atoms with Gasteiger partial charge in [0.05, 0.1) is 18.1 Å². The molecule has 0 bridgehead atoms. The van der Waals surface area contributed by atoms with E-state index in [1.165, 1.54) is 18.4 Å². The first-order chi connectivity index (χ1) is 15.1. The lowest BCUT2D eigenvalue weighted by Gasteiger charge is -2.20. The zero-order valence-corrected chi connectivity index (χ0v) is 17.2. The molecule has 5 rings (SSSR count). The Morgan fingerprint density at radius 1 is 1.03 bits per heavy atom. The molecule has 6 heteroatoms. The van der Waals surface area contributed by atoms with Crippen molar-refractivity contribution in [2.24, 2.45) is 0 Å². The second kappa shape index (κ2) is 7.89. The highest BCUT2D eigenvalue weighted by Crippen LogP contribution is 2.32. The number of hydrogen-bond donors (Lipinski definition) is 2. The Bertz CT molecular complexity index is 1160. The fourth-order valence-electron chi connectivity index (χ4n) is 4.37. The number of hydrogen-bond acceptors (Lipinski definition) is 5. The number of rotatable bonds is 4. The first-order valence-corrected chi connectivity index (χ1v) is 10.4. The van der Waals surface area contributed by atoms with Gasteiger partial charge >= 0.3 is 0 Å². The third kappa shape index (κ3) is 3.66. The fourth-order valence-corrected chi connectivity index (χ4v) is 4.37. The molecular formula is C25H23N3O3. The van der Waals surface area contributed by atoms with Gasteiger partial charge in [-0.15, -0.1) is 0 Å². The van der Waals surface area contributed by atoms with Crippen LogP contribution >= 0.6 is 0 Å². The van der Waals surface area contributed by atoms with Crippen LogP contribution in [0.15, 0.2) is 71.7 Å². The smallest absolute Gasteiger partial charge is 0.260 e. The molecule has 2 N–H and O–H groups in total.